The highest BCUT2D eigenvalue weighted by molar-refractivity contribution is 5.89. The Morgan fingerprint density at radius 3 is 2.96 bits per heavy atom. The lowest BCUT2D eigenvalue weighted by molar-refractivity contribution is 0.101. The van der Waals surface area contributed by atoms with Crippen molar-refractivity contribution < 1.29 is 14.6 Å². The Bertz CT molecular complexity index is 505. The van der Waals surface area contributed by atoms with Crippen molar-refractivity contribution in [3.05, 3.63) is 24.3 Å². The molecule has 0 saturated heterocycles. The SMILES string of the molecule is CC(C)COc1cccc(NC(=O)NCC2CCCC(O)C2)c1. The lowest BCUT2D eigenvalue weighted by Gasteiger charge is -2.25. The number of hydrogen-bond acceptors (Lipinski definition) is 3. The van der Waals surface area contributed by atoms with Gasteiger partial charge in [-0.25, -0.2) is 4.79 Å². The molecule has 1 aliphatic carbocycles. The van der Waals surface area contributed by atoms with Crippen molar-refractivity contribution in [1.82, 2.24) is 5.32 Å². The first kappa shape index (κ1) is 17.6. The topological polar surface area (TPSA) is 70.6 Å². The van der Waals surface area contributed by atoms with Crippen LogP contribution in [0.3, 0.4) is 0 Å². The lowest BCUT2D eigenvalue weighted by atomic mass is 9.87. The molecule has 0 spiro atoms. The van der Waals surface area contributed by atoms with Gasteiger partial charge in [-0.2, -0.15) is 0 Å². The molecule has 1 fully saturated rings. The van der Waals surface area contributed by atoms with Crippen LogP contribution >= 0.6 is 0 Å². The van der Waals surface area contributed by atoms with Crippen LogP contribution in [0.15, 0.2) is 24.3 Å². The van der Waals surface area contributed by atoms with Gasteiger partial charge in [-0.3, -0.25) is 0 Å². The maximum absolute atomic E-state index is 12.0. The molecule has 0 aromatic heterocycles. The van der Waals surface area contributed by atoms with Gasteiger partial charge in [-0.15, -0.1) is 0 Å². The third-order valence-electron chi connectivity index (χ3n) is 3.98. The van der Waals surface area contributed by atoms with Crippen LogP contribution in [-0.2, 0) is 0 Å². The van der Waals surface area contributed by atoms with Crippen LogP contribution in [0.5, 0.6) is 5.75 Å². The second-order valence-corrected chi connectivity index (χ2v) is 6.75. The normalized spacial score (nSPS) is 21.0. The molecule has 1 aromatic carbocycles. The number of amides is 2. The van der Waals surface area contributed by atoms with E-state index >= 15 is 0 Å². The van der Waals surface area contributed by atoms with E-state index in [9.17, 15) is 9.90 Å². The first-order valence-electron chi connectivity index (χ1n) is 8.48. The van der Waals surface area contributed by atoms with E-state index in [-0.39, 0.29) is 12.1 Å². The Balaban J connectivity index is 1.77. The monoisotopic (exact) mass is 320 g/mol. The second kappa shape index (κ2) is 8.77. The van der Waals surface area contributed by atoms with Crippen LogP contribution in [0, 0.1) is 11.8 Å². The van der Waals surface area contributed by atoms with Gasteiger partial charge < -0.3 is 20.5 Å². The van der Waals surface area contributed by atoms with Crippen molar-refractivity contribution in [2.75, 3.05) is 18.5 Å². The number of ether oxygens (including phenoxy) is 1. The standard InChI is InChI=1S/C18H28N2O3/c1-13(2)12-23-17-8-4-6-15(10-17)20-18(22)19-11-14-5-3-7-16(21)9-14/h4,6,8,10,13-14,16,21H,3,5,7,9,11-12H2,1-2H3,(H2,19,20,22). The Hall–Kier alpha value is -1.75. The quantitative estimate of drug-likeness (QED) is 0.752. The van der Waals surface area contributed by atoms with E-state index in [1.54, 1.807) is 0 Å². The zero-order chi connectivity index (χ0) is 16.7. The van der Waals surface area contributed by atoms with Gasteiger partial charge in [0.25, 0.3) is 0 Å². The highest BCUT2D eigenvalue weighted by Crippen LogP contribution is 2.23. The Kier molecular flexibility index (Phi) is 6.71. The van der Waals surface area contributed by atoms with Crippen molar-refractivity contribution in [2.24, 2.45) is 11.8 Å². The van der Waals surface area contributed by atoms with Crippen LogP contribution in [0.25, 0.3) is 0 Å². The van der Waals surface area contributed by atoms with Gasteiger partial charge in [-0.05, 0) is 43.2 Å². The van der Waals surface area contributed by atoms with Crippen molar-refractivity contribution in [2.45, 2.75) is 45.6 Å². The highest BCUT2D eigenvalue weighted by atomic mass is 16.5. The van der Waals surface area contributed by atoms with Crippen LogP contribution in [0.4, 0.5) is 10.5 Å². The van der Waals surface area contributed by atoms with Crippen molar-refractivity contribution in [1.29, 1.82) is 0 Å². The van der Waals surface area contributed by atoms with Crippen LogP contribution in [-0.4, -0.2) is 30.4 Å². The molecule has 2 rings (SSSR count). The van der Waals surface area contributed by atoms with E-state index in [1.165, 1.54) is 0 Å². The molecule has 3 N–H and O–H groups in total. The molecule has 1 saturated carbocycles. The molecule has 2 atom stereocenters. The number of carbonyl (C=O) groups excluding carboxylic acids is 1. The Morgan fingerprint density at radius 1 is 1.39 bits per heavy atom. The summed E-state index contributed by atoms with van der Waals surface area (Å²) in [4.78, 5) is 12.0. The maximum Gasteiger partial charge on any atom is 0.319 e. The number of rotatable bonds is 6. The predicted molar refractivity (Wildman–Crippen MR) is 91.8 cm³/mol. The van der Waals surface area contributed by atoms with Crippen LogP contribution in [0.1, 0.15) is 39.5 Å². The van der Waals surface area contributed by atoms with Gasteiger partial charge in [-0.1, -0.05) is 26.3 Å². The molecule has 5 heteroatoms. The minimum absolute atomic E-state index is 0.214. The van der Waals surface area contributed by atoms with E-state index < -0.39 is 0 Å². The summed E-state index contributed by atoms with van der Waals surface area (Å²) in [6.07, 6.45) is 3.54. The molecule has 1 aliphatic rings. The van der Waals surface area contributed by atoms with Gasteiger partial charge in [0, 0.05) is 18.3 Å². The zero-order valence-corrected chi connectivity index (χ0v) is 14.0. The van der Waals surface area contributed by atoms with E-state index in [1.807, 2.05) is 24.3 Å². The number of nitrogens with one attached hydrogen (secondary N) is 2. The van der Waals surface area contributed by atoms with E-state index in [0.717, 1.165) is 31.4 Å². The summed E-state index contributed by atoms with van der Waals surface area (Å²) in [5, 5.41) is 15.4. The van der Waals surface area contributed by atoms with E-state index in [2.05, 4.69) is 24.5 Å². The third-order valence-corrected chi connectivity index (χ3v) is 3.98. The molecular weight excluding hydrogens is 292 g/mol. The Morgan fingerprint density at radius 2 is 2.22 bits per heavy atom. The summed E-state index contributed by atoms with van der Waals surface area (Å²) in [7, 11) is 0. The molecule has 128 valence electrons. The van der Waals surface area contributed by atoms with E-state index in [4.69, 9.17) is 4.74 Å². The molecule has 0 radical (unpaired) electrons. The van der Waals surface area contributed by atoms with Crippen molar-refractivity contribution in [3.8, 4) is 5.75 Å². The summed E-state index contributed by atoms with van der Waals surface area (Å²) >= 11 is 0. The Labute approximate surface area is 138 Å². The highest BCUT2D eigenvalue weighted by Gasteiger charge is 2.20. The third kappa shape index (κ3) is 6.48. The van der Waals surface area contributed by atoms with Crippen molar-refractivity contribution in [3.63, 3.8) is 0 Å². The number of benzene rings is 1. The molecule has 0 aliphatic heterocycles. The number of aliphatic hydroxyl groups excluding tert-OH is 1. The molecule has 2 unspecified atom stereocenters. The molecule has 0 heterocycles. The first-order valence-corrected chi connectivity index (χ1v) is 8.48. The number of carbonyl (C=O) groups is 1. The second-order valence-electron chi connectivity index (χ2n) is 6.75. The number of aliphatic hydroxyl groups is 1. The summed E-state index contributed by atoms with van der Waals surface area (Å²) in [5.41, 5.74) is 0.715. The molecule has 1 aromatic rings. The van der Waals surface area contributed by atoms with Crippen LogP contribution < -0.4 is 15.4 Å². The smallest absolute Gasteiger partial charge is 0.319 e. The van der Waals surface area contributed by atoms with E-state index in [0.29, 0.717) is 30.7 Å². The molecule has 2 amide bonds. The fourth-order valence-electron chi connectivity index (χ4n) is 2.79. The summed E-state index contributed by atoms with van der Waals surface area (Å²) in [5.74, 6) is 1.58. The fourth-order valence-corrected chi connectivity index (χ4v) is 2.79. The number of urea groups is 1. The van der Waals surface area contributed by atoms with Crippen molar-refractivity contribution >= 4 is 11.7 Å². The van der Waals surface area contributed by atoms with Gasteiger partial charge in [0.2, 0.25) is 0 Å². The predicted octanol–water partition coefficient (Wildman–Crippen LogP) is 3.39. The lowest BCUT2D eigenvalue weighted by Crippen LogP contribution is -2.35. The maximum atomic E-state index is 12.0. The summed E-state index contributed by atoms with van der Waals surface area (Å²) in [6, 6.07) is 7.20. The van der Waals surface area contributed by atoms with Gasteiger partial charge in [0.15, 0.2) is 0 Å². The fraction of sp³-hybridized carbons (Fsp3) is 0.611. The summed E-state index contributed by atoms with van der Waals surface area (Å²) < 4.78 is 5.66. The van der Waals surface area contributed by atoms with Crippen LogP contribution in [0.2, 0.25) is 0 Å². The molecule has 5 nitrogen and oxygen atoms in total. The average Bonchev–Trinajstić information content (AvgIpc) is 2.51. The van der Waals surface area contributed by atoms with Gasteiger partial charge in [0.05, 0.1) is 12.7 Å². The van der Waals surface area contributed by atoms with Gasteiger partial charge in [0.1, 0.15) is 5.75 Å². The molecular formula is C18H28N2O3. The molecule has 0 bridgehead atoms. The number of hydrogen-bond donors (Lipinski definition) is 3. The summed E-state index contributed by atoms with van der Waals surface area (Å²) in [6.45, 7) is 5.45. The molecule has 23 heavy (non-hydrogen) atoms. The largest absolute Gasteiger partial charge is 0.493 e. The minimum atomic E-state index is -0.217. The zero-order valence-electron chi connectivity index (χ0n) is 14.0. The van der Waals surface area contributed by atoms with Gasteiger partial charge >= 0.3 is 6.03 Å². The number of anilines is 1. The minimum Gasteiger partial charge on any atom is -0.493 e. The average molecular weight is 320 g/mol. The first-order chi connectivity index (χ1) is 11.0.